The molecule has 0 atom stereocenters. The first kappa shape index (κ1) is 20.9. The average molecular weight is 405 g/mol. The fourth-order valence-corrected chi connectivity index (χ4v) is 2.84. The highest BCUT2D eigenvalue weighted by atomic mass is 16.5. The summed E-state index contributed by atoms with van der Waals surface area (Å²) in [6, 6.07) is 25.7. The van der Waals surface area contributed by atoms with Crippen molar-refractivity contribution in [2.45, 2.75) is 6.42 Å². The molecule has 0 bridgehead atoms. The summed E-state index contributed by atoms with van der Waals surface area (Å²) < 4.78 is 5.11. The lowest BCUT2D eigenvalue weighted by atomic mass is 10.1. The van der Waals surface area contributed by atoms with E-state index in [4.69, 9.17) is 9.84 Å². The van der Waals surface area contributed by atoms with Crippen LogP contribution in [0.15, 0.2) is 84.9 Å². The van der Waals surface area contributed by atoms with Crippen molar-refractivity contribution < 1.29 is 19.4 Å². The first-order valence-electron chi connectivity index (χ1n) is 9.50. The maximum atomic E-state index is 12.8. The van der Waals surface area contributed by atoms with Crippen molar-refractivity contribution in [3.05, 3.63) is 90.5 Å². The van der Waals surface area contributed by atoms with Crippen LogP contribution in [0.4, 0.5) is 16.2 Å². The lowest BCUT2D eigenvalue weighted by Crippen LogP contribution is -2.45. The zero-order valence-electron chi connectivity index (χ0n) is 16.3. The predicted molar refractivity (Wildman–Crippen MR) is 115 cm³/mol. The van der Waals surface area contributed by atoms with Crippen molar-refractivity contribution in [1.82, 2.24) is 10.9 Å². The lowest BCUT2D eigenvalue weighted by Gasteiger charge is -2.23. The minimum Gasteiger partial charge on any atom is -0.482 e. The fourth-order valence-electron chi connectivity index (χ4n) is 2.84. The van der Waals surface area contributed by atoms with Crippen LogP contribution in [0.25, 0.3) is 0 Å². The van der Waals surface area contributed by atoms with E-state index >= 15 is 0 Å². The van der Waals surface area contributed by atoms with Crippen LogP contribution in [-0.2, 0) is 11.2 Å². The topological polar surface area (TPSA) is 90.9 Å². The molecule has 3 N–H and O–H groups in total. The minimum absolute atomic E-state index is 0.287. The maximum absolute atomic E-state index is 12.8. The second-order valence-electron chi connectivity index (χ2n) is 6.44. The van der Waals surface area contributed by atoms with Gasteiger partial charge in [0.05, 0.1) is 11.4 Å². The van der Waals surface area contributed by atoms with E-state index in [9.17, 15) is 9.59 Å². The van der Waals surface area contributed by atoms with E-state index in [2.05, 4.69) is 10.9 Å². The van der Waals surface area contributed by atoms with Gasteiger partial charge in [0.15, 0.2) is 6.61 Å². The molecule has 7 heteroatoms. The molecule has 154 valence electrons. The number of ether oxygens (including phenoxy) is 1. The molecule has 3 aromatic rings. The van der Waals surface area contributed by atoms with Gasteiger partial charge in [-0.25, -0.2) is 15.0 Å². The predicted octanol–water partition coefficient (Wildman–Crippen LogP) is 3.75. The molecule has 0 heterocycles. The zero-order valence-corrected chi connectivity index (χ0v) is 16.3. The van der Waals surface area contributed by atoms with Crippen LogP contribution in [0.2, 0.25) is 0 Å². The van der Waals surface area contributed by atoms with Crippen LogP contribution in [0, 0.1) is 0 Å². The number of hydrogen-bond acceptors (Lipinski definition) is 4. The fraction of sp³-hybridized carbons (Fsp3) is 0.130. The summed E-state index contributed by atoms with van der Waals surface area (Å²) in [5.74, 6) is -0.511. The molecule has 0 aromatic heterocycles. The molecule has 7 nitrogen and oxygen atoms in total. The van der Waals surface area contributed by atoms with Crippen LogP contribution in [0.1, 0.15) is 5.56 Å². The molecule has 0 radical (unpaired) electrons. The maximum Gasteiger partial charge on any atom is 0.341 e. The monoisotopic (exact) mass is 405 g/mol. The molecule has 2 amide bonds. The highest BCUT2D eigenvalue weighted by molar-refractivity contribution is 5.99. The van der Waals surface area contributed by atoms with Crippen LogP contribution in [0.5, 0.6) is 5.75 Å². The number of para-hydroxylation sites is 2. The van der Waals surface area contributed by atoms with E-state index in [-0.39, 0.29) is 12.6 Å². The summed E-state index contributed by atoms with van der Waals surface area (Å²) in [4.78, 5) is 24.9. The second kappa shape index (κ2) is 10.6. The van der Waals surface area contributed by atoms with Crippen LogP contribution in [-0.4, -0.2) is 30.3 Å². The molecule has 0 fully saturated rings. The molecule has 0 aliphatic rings. The number of hydrogen-bond donors (Lipinski definition) is 3. The highest BCUT2D eigenvalue weighted by Gasteiger charge is 2.17. The van der Waals surface area contributed by atoms with Crippen molar-refractivity contribution in [1.29, 1.82) is 0 Å². The number of anilines is 2. The first-order valence-corrected chi connectivity index (χ1v) is 9.50. The van der Waals surface area contributed by atoms with Gasteiger partial charge in [0.2, 0.25) is 0 Å². The summed E-state index contributed by atoms with van der Waals surface area (Å²) in [7, 11) is 0. The number of aliphatic carboxylic acids is 1. The van der Waals surface area contributed by atoms with Crippen molar-refractivity contribution in [2.24, 2.45) is 0 Å². The summed E-state index contributed by atoms with van der Waals surface area (Å²) in [6.07, 6.45) is 0.677. The van der Waals surface area contributed by atoms with Crippen molar-refractivity contribution in [3.63, 3.8) is 0 Å². The Balaban J connectivity index is 1.53. The van der Waals surface area contributed by atoms with Crippen molar-refractivity contribution in [2.75, 3.05) is 18.1 Å². The molecule has 0 saturated carbocycles. The molecule has 0 aliphatic heterocycles. The number of nitrogens with one attached hydrogen (secondary N) is 2. The van der Waals surface area contributed by atoms with Gasteiger partial charge in [-0.2, -0.15) is 0 Å². The Kier molecular flexibility index (Phi) is 7.40. The number of urea groups is 1. The molecule has 30 heavy (non-hydrogen) atoms. The van der Waals surface area contributed by atoms with Crippen LogP contribution >= 0.6 is 0 Å². The summed E-state index contributed by atoms with van der Waals surface area (Å²) in [6.45, 7) is 0.157. The van der Waals surface area contributed by atoms with E-state index in [0.717, 1.165) is 16.9 Å². The lowest BCUT2D eigenvalue weighted by molar-refractivity contribution is -0.139. The molecule has 0 aliphatic carbocycles. The Morgan fingerprint density at radius 2 is 1.40 bits per heavy atom. The van der Waals surface area contributed by atoms with E-state index in [1.165, 1.54) is 0 Å². The van der Waals surface area contributed by atoms with Gasteiger partial charge in [0.1, 0.15) is 5.75 Å². The molecule has 0 unspecified atom stereocenters. The average Bonchev–Trinajstić information content (AvgIpc) is 2.78. The van der Waals surface area contributed by atoms with E-state index in [0.29, 0.717) is 18.7 Å². The Morgan fingerprint density at radius 1 is 0.833 bits per heavy atom. The molecular weight excluding hydrogens is 382 g/mol. The molecule has 3 rings (SSSR count). The zero-order chi connectivity index (χ0) is 21.2. The Labute approximate surface area is 174 Å². The number of amides is 2. The second-order valence-corrected chi connectivity index (χ2v) is 6.44. The van der Waals surface area contributed by atoms with Gasteiger partial charge in [0, 0.05) is 6.54 Å². The number of rotatable bonds is 9. The third kappa shape index (κ3) is 6.08. The van der Waals surface area contributed by atoms with E-state index < -0.39 is 5.97 Å². The number of carbonyl (C=O) groups is 2. The van der Waals surface area contributed by atoms with E-state index in [1.807, 2.05) is 72.8 Å². The van der Waals surface area contributed by atoms with Gasteiger partial charge in [-0.1, -0.05) is 48.5 Å². The van der Waals surface area contributed by atoms with Gasteiger partial charge in [-0.05, 0) is 48.4 Å². The largest absolute Gasteiger partial charge is 0.482 e. The summed E-state index contributed by atoms with van der Waals surface area (Å²) >= 11 is 0. The smallest absolute Gasteiger partial charge is 0.341 e. The summed E-state index contributed by atoms with van der Waals surface area (Å²) in [5, 5.41) is 8.63. The van der Waals surface area contributed by atoms with Gasteiger partial charge >= 0.3 is 12.0 Å². The number of carboxylic acid groups (broad SMARTS) is 1. The molecule has 0 spiro atoms. The number of nitrogens with zero attached hydrogens (tertiary/aromatic N) is 1. The normalized spacial score (nSPS) is 10.3. The minimum atomic E-state index is -1.01. The van der Waals surface area contributed by atoms with Gasteiger partial charge in [-0.3, -0.25) is 10.3 Å². The Bertz CT molecular complexity index is 908. The van der Waals surface area contributed by atoms with Crippen LogP contribution in [0.3, 0.4) is 0 Å². The van der Waals surface area contributed by atoms with Gasteiger partial charge < -0.3 is 9.84 Å². The van der Waals surface area contributed by atoms with E-state index in [1.54, 1.807) is 17.0 Å². The van der Waals surface area contributed by atoms with Crippen LogP contribution < -0.4 is 20.5 Å². The Hall–Kier alpha value is -3.84. The number of carboxylic acids is 1. The van der Waals surface area contributed by atoms with Gasteiger partial charge in [-0.15, -0.1) is 0 Å². The SMILES string of the molecule is O=C(O)COc1ccc(CCNNC(=O)N(c2ccccc2)c2ccccc2)cc1. The summed E-state index contributed by atoms with van der Waals surface area (Å²) in [5.41, 5.74) is 8.26. The number of benzene rings is 3. The first-order chi connectivity index (χ1) is 14.6. The standard InChI is InChI=1S/C23H23N3O4/c27-22(28)17-30-21-13-11-18(12-14-21)15-16-24-25-23(29)26(19-7-3-1-4-8-19)20-9-5-2-6-10-20/h1-14,24H,15-17H2,(H,25,29)(H,27,28). The third-order valence-corrected chi connectivity index (χ3v) is 4.25. The highest BCUT2D eigenvalue weighted by Crippen LogP contribution is 2.24. The van der Waals surface area contributed by atoms with Crippen molar-refractivity contribution in [3.8, 4) is 5.75 Å². The molecular formula is C23H23N3O4. The number of carbonyl (C=O) groups excluding carboxylic acids is 1. The quantitative estimate of drug-likeness (QED) is 0.373. The van der Waals surface area contributed by atoms with Crippen molar-refractivity contribution >= 4 is 23.4 Å². The molecule has 3 aromatic carbocycles. The third-order valence-electron chi connectivity index (χ3n) is 4.25. The molecule has 0 saturated heterocycles. The Morgan fingerprint density at radius 3 is 1.93 bits per heavy atom. The number of hydrazine groups is 1. The van der Waals surface area contributed by atoms with Gasteiger partial charge in [0.25, 0.3) is 0 Å².